The van der Waals surface area contributed by atoms with E-state index in [2.05, 4.69) is 11.2 Å². The molecule has 0 saturated heterocycles. The molecule has 23 heavy (non-hydrogen) atoms. The van der Waals surface area contributed by atoms with Crippen LogP contribution in [0.4, 0.5) is 0 Å². The second-order valence-corrected chi connectivity index (χ2v) is 6.46. The van der Waals surface area contributed by atoms with E-state index in [1.54, 1.807) is 40.1 Å². The summed E-state index contributed by atoms with van der Waals surface area (Å²) in [6.45, 7) is 2.74. The van der Waals surface area contributed by atoms with Crippen LogP contribution in [0.25, 0.3) is 10.9 Å². The van der Waals surface area contributed by atoms with Crippen LogP contribution in [0, 0.1) is 6.92 Å². The number of amides is 1. The molecule has 1 aromatic carbocycles. The number of nitrogens with zero attached hydrogens (tertiary/aromatic N) is 3. The topological polar surface area (TPSA) is 55.2 Å². The minimum Gasteiger partial charge on any atom is -0.339 e. The van der Waals surface area contributed by atoms with Crippen LogP contribution in [0.1, 0.15) is 10.4 Å². The first-order valence-electron chi connectivity index (χ1n) is 7.28. The van der Waals surface area contributed by atoms with Gasteiger partial charge in [0, 0.05) is 17.3 Å². The summed E-state index contributed by atoms with van der Waals surface area (Å²) in [5, 5.41) is 6.71. The summed E-state index contributed by atoms with van der Waals surface area (Å²) in [6.07, 6.45) is 1.26. The van der Waals surface area contributed by atoms with E-state index in [0.29, 0.717) is 17.4 Å². The van der Waals surface area contributed by atoms with Crippen LogP contribution in [0.15, 0.2) is 46.7 Å². The lowest BCUT2D eigenvalue weighted by molar-refractivity contribution is -0.131. The van der Waals surface area contributed by atoms with Gasteiger partial charge in [0.05, 0.1) is 18.3 Å². The molecule has 5 nitrogen and oxygen atoms in total. The zero-order chi connectivity index (χ0) is 16.4. The second-order valence-electron chi connectivity index (χ2n) is 5.46. The van der Waals surface area contributed by atoms with E-state index in [1.807, 2.05) is 24.4 Å². The highest BCUT2D eigenvalue weighted by Crippen LogP contribution is 2.17. The van der Waals surface area contributed by atoms with Crippen molar-refractivity contribution in [1.82, 2.24) is 14.7 Å². The summed E-state index contributed by atoms with van der Waals surface area (Å²) in [7, 11) is 1.78. The van der Waals surface area contributed by atoms with Crippen LogP contribution >= 0.6 is 11.3 Å². The van der Waals surface area contributed by atoms with Crippen LogP contribution in [-0.4, -0.2) is 27.6 Å². The van der Waals surface area contributed by atoms with Crippen LogP contribution in [-0.2, 0) is 17.9 Å². The first-order valence-corrected chi connectivity index (χ1v) is 8.16. The first kappa shape index (κ1) is 15.4. The van der Waals surface area contributed by atoms with Crippen LogP contribution < -0.4 is 5.43 Å². The van der Waals surface area contributed by atoms with Gasteiger partial charge in [0.1, 0.15) is 6.54 Å². The number of aromatic nitrogens is 2. The van der Waals surface area contributed by atoms with Gasteiger partial charge < -0.3 is 4.90 Å². The van der Waals surface area contributed by atoms with Crippen molar-refractivity contribution in [2.45, 2.75) is 20.0 Å². The predicted molar refractivity (Wildman–Crippen MR) is 91.5 cm³/mol. The molecule has 0 radical (unpaired) electrons. The minimum absolute atomic E-state index is 0.0425. The van der Waals surface area contributed by atoms with Crippen molar-refractivity contribution >= 4 is 28.1 Å². The molecule has 0 saturated carbocycles. The molecule has 2 heterocycles. The monoisotopic (exact) mass is 327 g/mol. The highest BCUT2D eigenvalue weighted by Gasteiger charge is 2.14. The minimum atomic E-state index is -0.133. The third-order valence-electron chi connectivity index (χ3n) is 3.82. The van der Waals surface area contributed by atoms with Gasteiger partial charge in [-0.05, 0) is 36.1 Å². The van der Waals surface area contributed by atoms with Crippen molar-refractivity contribution in [2.24, 2.45) is 0 Å². The summed E-state index contributed by atoms with van der Waals surface area (Å²) < 4.78 is 1.58. The van der Waals surface area contributed by atoms with E-state index in [4.69, 9.17) is 0 Å². The molecule has 0 spiro atoms. The third kappa shape index (κ3) is 3.17. The number of carbonyl (C=O) groups is 1. The lowest BCUT2D eigenvalue weighted by Crippen LogP contribution is -2.31. The summed E-state index contributed by atoms with van der Waals surface area (Å²) in [5.74, 6) is -0.0425. The standard InChI is InChI=1S/C17H17N3O2S/c1-12-7-8-23-16(12)10-19(2)17(22)11-20-14-6-4-3-5-13(14)15(21)9-18-20/h3-9H,10-11H2,1-2H3. The highest BCUT2D eigenvalue weighted by atomic mass is 32.1. The van der Waals surface area contributed by atoms with Crippen molar-refractivity contribution in [2.75, 3.05) is 7.05 Å². The zero-order valence-electron chi connectivity index (χ0n) is 13.0. The SMILES string of the molecule is Cc1ccsc1CN(C)C(=O)Cn1ncc(=O)c2ccccc21. The van der Waals surface area contributed by atoms with E-state index < -0.39 is 0 Å². The fourth-order valence-electron chi connectivity index (χ4n) is 2.41. The number of fused-ring (bicyclic) bond motifs is 1. The second kappa shape index (κ2) is 6.34. The summed E-state index contributed by atoms with van der Waals surface area (Å²) in [4.78, 5) is 27.2. The number of rotatable bonds is 4. The van der Waals surface area contributed by atoms with E-state index in [-0.39, 0.29) is 17.9 Å². The molecule has 6 heteroatoms. The van der Waals surface area contributed by atoms with Crippen molar-refractivity contribution in [1.29, 1.82) is 0 Å². The van der Waals surface area contributed by atoms with Gasteiger partial charge in [-0.1, -0.05) is 12.1 Å². The van der Waals surface area contributed by atoms with Gasteiger partial charge >= 0.3 is 0 Å². The van der Waals surface area contributed by atoms with E-state index in [9.17, 15) is 9.59 Å². The number of hydrogen-bond acceptors (Lipinski definition) is 4. The van der Waals surface area contributed by atoms with Gasteiger partial charge in [-0.2, -0.15) is 5.10 Å². The normalized spacial score (nSPS) is 10.9. The Morgan fingerprint density at radius 1 is 1.30 bits per heavy atom. The molecule has 0 N–H and O–H groups in total. The molecule has 0 aliphatic carbocycles. The van der Waals surface area contributed by atoms with Gasteiger partial charge in [0.15, 0.2) is 0 Å². The third-order valence-corrected chi connectivity index (χ3v) is 4.83. The first-order chi connectivity index (χ1) is 11.1. The summed E-state index contributed by atoms with van der Waals surface area (Å²) >= 11 is 1.65. The molecule has 3 rings (SSSR count). The van der Waals surface area contributed by atoms with Crippen molar-refractivity contribution in [3.8, 4) is 0 Å². The molecule has 0 unspecified atom stereocenters. The molecule has 118 valence electrons. The number of thiophene rings is 1. The summed E-state index contributed by atoms with van der Waals surface area (Å²) in [6, 6.07) is 9.25. The molecule has 1 amide bonds. The van der Waals surface area contributed by atoms with Gasteiger partial charge in [-0.15, -0.1) is 11.3 Å². The fraction of sp³-hybridized carbons (Fsp3) is 0.235. The predicted octanol–water partition coefficient (Wildman–Crippen LogP) is 2.43. The molecule has 0 atom stereocenters. The van der Waals surface area contributed by atoms with E-state index in [1.165, 1.54) is 16.6 Å². The Kier molecular flexibility index (Phi) is 4.25. The van der Waals surface area contributed by atoms with Crippen LogP contribution in [0.5, 0.6) is 0 Å². The summed E-state index contributed by atoms with van der Waals surface area (Å²) in [5.41, 5.74) is 1.74. The average molecular weight is 327 g/mol. The van der Waals surface area contributed by atoms with E-state index >= 15 is 0 Å². The number of carbonyl (C=O) groups excluding carboxylic acids is 1. The molecule has 0 bridgehead atoms. The smallest absolute Gasteiger partial charge is 0.244 e. The average Bonchev–Trinajstić information content (AvgIpc) is 2.95. The molecule has 0 aliphatic rings. The molecular weight excluding hydrogens is 310 g/mol. The largest absolute Gasteiger partial charge is 0.339 e. The highest BCUT2D eigenvalue weighted by molar-refractivity contribution is 7.10. The Morgan fingerprint density at radius 3 is 2.83 bits per heavy atom. The van der Waals surface area contributed by atoms with Crippen LogP contribution in [0.3, 0.4) is 0 Å². The Bertz CT molecular complexity index is 913. The number of hydrogen-bond donors (Lipinski definition) is 0. The maximum absolute atomic E-state index is 12.5. The van der Waals surface area contributed by atoms with Crippen LogP contribution in [0.2, 0.25) is 0 Å². The molecular formula is C17H17N3O2S. The lowest BCUT2D eigenvalue weighted by atomic mass is 10.2. The Hall–Kier alpha value is -2.47. The van der Waals surface area contributed by atoms with Crippen molar-refractivity contribution < 1.29 is 4.79 Å². The van der Waals surface area contributed by atoms with Crippen molar-refractivity contribution in [3.63, 3.8) is 0 Å². The number of para-hydroxylation sites is 1. The number of likely N-dealkylation sites (N-methyl/N-ethyl adjacent to an activating group) is 1. The molecule has 0 fully saturated rings. The zero-order valence-corrected chi connectivity index (χ0v) is 13.8. The van der Waals surface area contributed by atoms with Gasteiger partial charge in [-0.25, -0.2) is 0 Å². The maximum Gasteiger partial charge on any atom is 0.244 e. The lowest BCUT2D eigenvalue weighted by Gasteiger charge is -2.18. The Labute approximate surface area is 137 Å². The van der Waals surface area contributed by atoms with Gasteiger partial charge in [-0.3, -0.25) is 14.3 Å². The number of benzene rings is 1. The molecule has 3 aromatic rings. The molecule has 2 aromatic heterocycles. The van der Waals surface area contributed by atoms with Gasteiger partial charge in [0.2, 0.25) is 11.3 Å². The number of aryl methyl sites for hydroxylation is 1. The Morgan fingerprint density at radius 2 is 2.09 bits per heavy atom. The maximum atomic E-state index is 12.5. The Balaban J connectivity index is 1.82. The quantitative estimate of drug-likeness (QED) is 0.739. The van der Waals surface area contributed by atoms with E-state index in [0.717, 1.165) is 0 Å². The fourth-order valence-corrected chi connectivity index (χ4v) is 3.36. The van der Waals surface area contributed by atoms with Crippen molar-refractivity contribution in [3.05, 3.63) is 62.6 Å². The van der Waals surface area contributed by atoms with Gasteiger partial charge in [0.25, 0.3) is 0 Å². The molecule has 0 aliphatic heterocycles.